The van der Waals surface area contributed by atoms with E-state index in [2.05, 4.69) is 14.9 Å². The van der Waals surface area contributed by atoms with Gasteiger partial charge in [0.15, 0.2) is 0 Å². The monoisotopic (exact) mass is 441 g/mol. The van der Waals surface area contributed by atoms with Crippen molar-refractivity contribution in [3.8, 4) is 0 Å². The molecule has 1 aromatic carbocycles. The van der Waals surface area contributed by atoms with E-state index in [-0.39, 0.29) is 11.8 Å². The highest BCUT2D eigenvalue weighted by molar-refractivity contribution is 7.07. The van der Waals surface area contributed by atoms with E-state index in [9.17, 15) is 9.59 Å². The van der Waals surface area contributed by atoms with Crippen molar-refractivity contribution in [2.75, 3.05) is 40.0 Å². The predicted molar refractivity (Wildman–Crippen MR) is 115 cm³/mol. The molecular formula is C21H23N5O4S. The molecule has 1 unspecified atom stereocenters. The van der Waals surface area contributed by atoms with Crippen LogP contribution in [-0.4, -0.2) is 71.2 Å². The maximum atomic E-state index is 12.9. The van der Waals surface area contributed by atoms with Gasteiger partial charge >= 0.3 is 0 Å². The van der Waals surface area contributed by atoms with Crippen LogP contribution in [0.15, 0.2) is 30.3 Å². The molecule has 0 saturated carbocycles. The Kier molecular flexibility index (Phi) is 6.50. The first-order valence-electron chi connectivity index (χ1n) is 9.95. The first kappa shape index (κ1) is 21.3. The predicted octanol–water partition coefficient (Wildman–Crippen LogP) is 1.98. The van der Waals surface area contributed by atoms with Crippen LogP contribution < -0.4 is 5.32 Å². The first-order chi connectivity index (χ1) is 15.1. The number of benzene rings is 1. The van der Waals surface area contributed by atoms with E-state index in [0.29, 0.717) is 60.2 Å². The van der Waals surface area contributed by atoms with Gasteiger partial charge in [-0.3, -0.25) is 9.59 Å². The third-order valence-corrected chi connectivity index (χ3v) is 5.92. The summed E-state index contributed by atoms with van der Waals surface area (Å²) in [4.78, 5) is 32.7. The Labute approximate surface area is 183 Å². The normalized spacial score (nSPS) is 16.5. The minimum Gasteiger partial charge on any atom is -0.383 e. The lowest BCUT2D eigenvalue weighted by Crippen LogP contribution is -2.42. The van der Waals surface area contributed by atoms with E-state index in [4.69, 9.17) is 14.5 Å². The van der Waals surface area contributed by atoms with Crippen LogP contribution in [0.4, 0.5) is 0 Å². The summed E-state index contributed by atoms with van der Waals surface area (Å²) < 4.78 is 14.8. The molecule has 0 aliphatic carbocycles. The lowest BCUT2D eigenvalue weighted by molar-refractivity contribution is -0.0244. The fourth-order valence-electron chi connectivity index (χ4n) is 3.49. The summed E-state index contributed by atoms with van der Waals surface area (Å²) in [5.41, 5.74) is 2.46. The van der Waals surface area contributed by atoms with E-state index >= 15 is 0 Å². The quantitative estimate of drug-likeness (QED) is 0.583. The number of carbonyl (C=O) groups is 2. The average molecular weight is 442 g/mol. The third-order valence-electron chi connectivity index (χ3n) is 5.10. The summed E-state index contributed by atoms with van der Waals surface area (Å²) in [6, 6.07) is 9.24. The number of methoxy groups -OCH3 is 1. The number of amides is 2. The fraction of sp³-hybridized carbons (Fsp3) is 0.381. The molecule has 3 aromatic rings. The third kappa shape index (κ3) is 4.55. The number of morpholine rings is 1. The van der Waals surface area contributed by atoms with Crippen LogP contribution in [0.5, 0.6) is 0 Å². The van der Waals surface area contributed by atoms with Crippen LogP contribution >= 0.6 is 11.5 Å². The lowest BCUT2D eigenvalue weighted by atomic mass is 10.0. The van der Waals surface area contributed by atoms with Gasteiger partial charge in [0.1, 0.15) is 11.0 Å². The molecule has 2 amide bonds. The highest BCUT2D eigenvalue weighted by atomic mass is 32.1. The molecule has 3 heterocycles. The Morgan fingerprint density at radius 3 is 2.97 bits per heavy atom. The number of ether oxygens (including phenoxy) is 2. The maximum absolute atomic E-state index is 12.9. The highest BCUT2D eigenvalue weighted by Crippen LogP contribution is 2.27. The number of hydrogen-bond donors (Lipinski definition) is 1. The van der Waals surface area contributed by atoms with Crippen LogP contribution in [0.1, 0.15) is 37.5 Å². The Hall–Kier alpha value is -2.95. The van der Waals surface area contributed by atoms with Crippen molar-refractivity contribution < 1.29 is 19.1 Å². The molecule has 1 saturated heterocycles. The van der Waals surface area contributed by atoms with Gasteiger partial charge in [-0.05, 0) is 30.6 Å². The smallest absolute Gasteiger partial charge is 0.267 e. The van der Waals surface area contributed by atoms with Crippen LogP contribution in [0.2, 0.25) is 0 Å². The summed E-state index contributed by atoms with van der Waals surface area (Å²) >= 11 is 1.09. The van der Waals surface area contributed by atoms with Crippen LogP contribution in [0.25, 0.3) is 10.9 Å². The molecule has 1 atom stereocenters. The number of pyridine rings is 1. The Bertz CT molecular complexity index is 1100. The second kappa shape index (κ2) is 9.46. The molecule has 9 nitrogen and oxygen atoms in total. The molecular weight excluding hydrogens is 418 g/mol. The zero-order valence-corrected chi connectivity index (χ0v) is 18.1. The second-order valence-electron chi connectivity index (χ2n) is 7.16. The fourth-order valence-corrected chi connectivity index (χ4v) is 4.12. The van der Waals surface area contributed by atoms with Gasteiger partial charge in [0, 0.05) is 25.6 Å². The van der Waals surface area contributed by atoms with E-state index in [1.54, 1.807) is 25.0 Å². The molecule has 0 bridgehead atoms. The molecule has 1 aliphatic heterocycles. The van der Waals surface area contributed by atoms with Gasteiger partial charge in [-0.25, -0.2) is 4.98 Å². The number of fused-ring (bicyclic) bond motifs is 1. The van der Waals surface area contributed by atoms with Gasteiger partial charge in [0.2, 0.25) is 0 Å². The van der Waals surface area contributed by atoms with E-state index in [0.717, 1.165) is 16.9 Å². The van der Waals surface area contributed by atoms with Crippen molar-refractivity contribution in [2.24, 2.45) is 0 Å². The molecule has 162 valence electrons. The summed E-state index contributed by atoms with van der Waals surface area (Å²) in [5.74, 6) is -0.314. The van der Waals surface area contributed by atoms with Crippen molar-refractivity contribution in [2.45, 2.75) is 13.0 Å². The molecule has 1 N–H and O–H groups in total. The molecule has 1 fully saturated rings. The summed E-state index contributed by atoms with van der Waals surface area (Å²) in [6.07, 6.45) is -0.436. The molecule has 31 heavy (non-hydrogen) atoms. The Balaban J connectivity index is 1.62. The molecule has 0 radical (unpaired) electrons. The molecule has 1 aliphatic rings. The first-order valence-corrected chi connectivity index (χ1v) is 10.7. The van der Waals surface area contributed by atoms with E-state index < -0.39 is 6.10 Å². The summed E-state index contributed by atoms with van der Waals surface area (Å²) in [7, 11) is 1.59. The number of para-hydroxylation sites is 1. The number of aryl methyl sites for hydroxylation is 1. The van der Waals surface area contributed by atoms with Crippen LogP contribution in [-0.2, 0) is 9.47 Å². The standard InChI is InChI=1S/C21H23N5O4S/c1-13-19(31-25-24-13)21(28)26-8-10-30-18(12-26)17-11-15(20(27)22-7-9-29-2)14-5-3-4-6-16(14)23-17/h3-6,11,18H,7-10,12H2,1-2H3,(H,22,27). The maximum Gasteiger partial charge on any atom is 0.267 e. The van der Waals surface area contributed by atoms with Crippen molar-refractivity contribution in [3.05, 3.63) is 52.2 Å². The number of nitrogens with one attached hydrogen (secondary N) is 1. The number of hydrogen-bond acceptors (Lipinski definition) is 8. The van der Waals surface area contributed by atoms with Gasteiger partial charge in [-0.2, -0.15) is 0 Å². The summed E-state index contributed by atoms with van der Waals surface area (Å²) in [6.45, 7) is 3.80. The number of aromatic nitrogens is 3. The molecule has 4 rings (SSSR count). The van der Waals surface area contributed by atoms with Gasteiger partial charge in [-0.1, -0.05) is 22.7 Å². The van der Waals surface area contributed by atoms with Crippen LogP contribution in [0.3, 0.4) is 0 Å². The highest BCUT2D eigenvalue weighted by Gasteiger charge is 2.30. The summed E-state index contributed by atoms with van der Waals surface area (Å²) in [5, 5.41) is 7.55. The van der Waals surface area contributed by atoms with Gasteiger partial charge in [0.25, 0.3) is 11.8 Å². The topological polar surface area (TPSA) is 107 Å². The zero-order chi connectivity index (χ0) is 21.8. The SMILES string of the molecule is COCCNC(=O)c1cc(C2CN(C(=O)c3snnc3C)CCO2)nc2ccccc12. The average Bonchev–Trinajstić information content (AvgIpc) is 3.23. The number of rotatable bonds is 6. The minimum atomic E-state index is -0.436. The van der Waals surface area contributed by atoms with Gasteiger partial charge < -0.3 is 19.7 Å². The van der Waals surface area contributed by atoms with Crippen molar-refractivity contribution in [3.63, 3.8) is 0 Å². The molecule has 2 aromatic heterocycles. The van der Waals surface area contributed by atoms with E-state index in [1.807, 2.05) is 24.3 Å². The molecule has 10 heteroatoms. The van der Waals surface area contributed by atoms with Gasteiger partial charge in [-0.15, -0.1) is 5.10 Å². The van der Waals surface area contributed by atoms with E-state index in [1.165, 1.54) is 0 Å². The van der Waals surface area contributed by atoms with Crippen molar-refractivity contribution in [1.82, 2.24) is 24.8 Å². The Morgan fingerprint density at radius 2 is 2.19 bits per heavy atom. The van der Waals surface area contributed by atoms with Gasteiger partial charge in [0.05, 0.1) is 42.2 Å². The zero-order valence-electron chi connectivity index (χ0n) is 17.3. The lowest BCUT2D eigenvalue weighted by Gasteiger charge is -2.32. The minimum absolute atomic E-state index is 0.112. The largest absolute Gasteiger partial charge is 0.383 e. The van der Waals surface area contributed by atoms with Crippen molar-refractivity contribution in [1.29, 1.82) is 0 Å². The molecule has 0 spiro atoms. The second-order valence-corrected chi connectivity index (χ2v) is 7.91. The van der Waals surface area contributed by atoms with Crippen LogP contribution in [0, 0.1) is 6.92 Å². The number of nitrogens with zero attached hydrogens (tertiary/aromatic N) is 4. The van der Waals surface area contributed by atoms with Crippen molar-refractivity contribution >= 4 is 34.2 Å². The Morgan fingerprint density at radius 1 is 1.35 bits per heavy atom. The number of carbonyl (C=O) groups excluding carboxylic acids is 2.